The van der Waals surface area contributed by atoms with Crippen LogP contribution in [0.3, 0.4) is 0 Å². The van der Waals surface area contributed by atoms with Gasteiger partial charge in [-0.05, 0) is 68.7 Å². The van der Waals surface area contributed by atoms with Crippen LogP contribution in [0.2, 0.25) is 0 Å². The fourth-order valence-corrected chi connectivity index (χ4v) is 5.44. The van der Waals surface area contributed by atoms with Gasteiger partial charge in [0, 0.05) is 27.3 Å². The van der Waals surface area contributed by atoms with Gasteiger partial charge < -0.3 is 19.3 Å². The molecule has 5 nitrogen and oxygen atoms in total. The third kappa shape index (κ3) is 4.79. The second-order valence-corrected chi connectivity index (χ2v) is 10.4. The molecule has 34 heavy (non-hydrogen) atoms. The molecule has 0 amide bonds. The van der Waals surface area contributed by atoms with Crippen LogP contribution in [0.15, 0.2) is 70.5 Å². The Morgan fingerprint density at radius 1 is 0.882 bits per heavy atom. The second kappa shape index (κ2) is 9.35. The highest BCUT2D eigenvalue weighted by atomic mass is 32.2. The van der Waals surface area contributed by atoms with Crippen LogP contribution >= 0.6 is 11.8 Å². The van der Waals surface area contributed by atoms with E-state index in [1.54, 1.807) is 26.0 Å². The van der Waals surface area contributed by atoms with E-state index in [-0.39, 0.29) is 5.97 Å². The van der Waals surface area contributed by atoms with Crippen LogP contribution in [0, 0.1) is 0 Å². The number of benzene rings is 3. The third-order valence-corrected chi connectivity index (χ3v) is 6.90. The number of ether oxygens (including phenoxy) is 3. The molecule has 0 spiro atoms. The number of carbonyl (C=O) groups is 1. The molecule has 0 aromatic heterocycles. The Hall–Kier alpha value is -2.96. The first-order chi connectivity index (χ1) is 16.1. The lowest BCUT2D eigenvalue weighted by Gasteiger charge is -2.37. The molecule has 0 bridgehead atoms. The summed E-state index contributed by atoms with van der Waals surface area (Å²) >= 11 is 1.59. The lowest BCUT2D eigenvalue weighted by Crippen LogP contribution is -2.32. The maximum absolute atomic E-state index is 12.2. The van der Waals surface area contributed by atoms with Gasteiger partial charge in [-0.25, -0.2) is 0 Å². The standard InChI is InChI=1S/C28H30O5S/c1-27(2,3)33-26(29)15-7-18-6-13-22-24(16-18)34-25-17-21(32-5)12-14-23(25)28(22,30)19-8-10-20(31-4)11-9-19/h6,8-14,16-17,30H,7,15H2,1-5H3. The van der Waals surface area contributed by atoms with Crippen molar-refractivity contribution in [2.75, 3.05) is 14.2 Å². The fourth-order valence-electron chi connectivity index (χ4n) is 4.16. The lowest BCUT2D eigenvalue weighted by atomic mass is 9.79. The lowest BCUT2D eigenvalue weighted by molar-refractivity contribution is -0.154. The van der Waals surface area contributed by atoms with Crippen molar-refractivity contribution in [3.63, 3.8) is 0 Å². The molecule has 1 atom stereocenters. The van der Waals surface area contributed by atoms with Gasteiger partial charge in [-0.1, -0.05) is 42.1 Å². The van der Waals surface area contributed by atoms with Crippen LogP contribution in [0.25, 0.3) is 0 Å². The number of aryl methyl sites for hydroxylation is 1. The van der Waals surface area contributed by atoms with Crippen LogP contribution < -0.4 is 9.47 Å². The highest BCUT2D eigenvalue weighted by molar-refractivity contribution is 7.99. The SMILES string of the molecule is COc1ccc(C2(O)c3ccc(CCC(=O)OC(C)(C)C)cc3Sc3cc(OC)ccc32)cc1. The molecular weight excluding hydrogens is 448 g/mol. The highest BCUT2D eigenvalue weighted by Crippen LogP contribution is 2.52. The van der Waals surface area contributed by atoms with Crippen molar-refractivity contribution in [3.8, 4) is 11.5 Å². The normalized spacial score (nSPS) is 16.9. The first-order valence-electron chi connectivity index (χ1n) is 11.2. The number of rotatable bonds is 6. The summed E-state index contributed by atoms with van der Waals surface area (Å²) in [6.45, 7) is 5.60. The van der Waals surface area contributed by atoms with Crippen molar-refractivity contribution >= 4 is 17.7 Å². The number of aliphatic hydroxyl groups is 1. The quantitative estimate of drug-likeness (QED) is 0.457. The maximum Gasteiger partial charge on any atom is 0.306 e. The van der Waals surface area contributed by atoms with Crippen LogP contribution in [0.4, 0.5) is 0 Å². The summed E-state index contributed by atoms with van der Waals surface area (Å²) in [6, 6.07) is 19.2. The van der Waals surface area contributed by atoms with Gasteiger partial charge >= 0.3 is 5.97 Å². The van der Waals surface area contributed by atoms with Crippen LogP contribution in [0.5, 0.6) is 11.5 Å². The van der Waals surface area contributed by atoms with Gasteiger partial charge in [0.25, 0.3) is 0 Å². The van der Waals surface area contributed by atoms with Gasteiger partial charge in [-0.3, -0.25) is 4.79 Å². The van der Waals surface area contributed by atoms with Crippen LogP contribution in [-0.2, 0) is 21.6 Å². The summed E-state index contributed by atoms with van der Waals surface area (Å²) < 4.78 is 16.2. The van der Waals surface area contributed by atoms with Crippen molar-refractivity contribution in [2.24, 2.45) is 0 Å². The van der Waals surface area contributed by atoms with Gasteiger partial charge in [-0.2, -0.15) is 0 Å². The Labute approximate surface area is 205 Å². The van der Waals surface area contributed by atoms with E-state index in [0.717, 1.165) is 43.5 Å². The summed E-state index contributed by atoms with van der Waals surface area (Å²) in [5, 5.41) is 12.2. The van der Waals surface area contributed by atoms with E-state index in [2.05, 4.69) is 6.07 Å². The molecule has 3 aromatic carbocycles. The fraction of sp³-hybridized carbons (Fsp3) is 0.321. The van der Waals surface area contributed by atoms with Crippen LogP contribution in [0.1, 0.15) is 49.4 Å². The Balaban J connectivity index is 1.73. The highest BCUT2D eigenvalue weighted by Gasteiger charge is 2.41. The molecular formula is C28H30O5S. The largest absolute Gasteiger partial charge is 0.497 e. The predicted molar refractivity (Wildman–Crippen MR) is 133 cm³/mol. The summed E-state index contributed by atoms with van der Waals surface area (Å²) in [6.07, 6.45) is 0.864. The van der Waals surface area contributed by atoms with E-state index >= 15 is 0 Å². The topological polar surface area (TPSA) is 65.0 Å². The molecule has 6 heteroatoms. The average molecular weight is 479 g/mol. The van der Waals surface area contributed by atoms with E-state index < -0.39 is 11.2 Å². The zero-order valence-corrected chi connectivity index (χ0v) is 21.0. The number of fused-ring (bicyclic) bond motifs is 2. The average Bonchev–Trinajstić information content (AvgIpc) is 2.81. The summed E-state index contributed by atoms with van der Waals surface area (Å²) in [5.74, 6) is 1.24. The minimum Gasteiger partial charge on any atom is -0.497 e. The number of esters is 1. The molecule has 4 rings (SSSR count). The first-order valence-corrected chi connectivity index (χ1v) is 12.0. The van der Waals surface area contributed by atoms with Gasteiger partial charge in [0.2, 0.25) is 0 Å². The molecule has 178 valence electrons. The zero-order chi connectivity index (χ0) is 24.5. The molecule has 0 saturated heterocycles. The molecule has 1 heterocycles. The van der Waals surface area contributed by atoms with Gasteiger partial charge in [0.1, 0.15) is 22.7 Å². The molecule has 0 aliphatic carbocycles. The molecule has 0 fully saturated rings. The van der Waals surface area contributed by atoms with Crippen molar-refractivity contribution in [1.29, 1.82) is 0 Å². The molecule has 1 aliphatic rings. The van der Waals surface area contributed by atoms with Crippen molar-refractivity contribution in [2.45, 2.75) is 54.6 Å². The first kappa shape index (κ1) is 24.2. The number of carbonyl (C=O) groups excluding carboxylic acids is 1. The van der Waals surface area contributed by atoms with E-state index in [1.807, 2.05) is 75.4 Å². The van der Waals surface area contributed by atoms with Gasteiger partial charge in [0.05, 0.1) is 14.2 Å². The maximum atomic E-state index is 12.2. The third-order valence-electron chi connectivity index (χ3n) is 5.78. The van der Waals surface area contributed by atoms with E-state index in [1.165, 1.54) is 0 Å². The molecule has 0 radical (unpaired) electrons. The second-order valence-electron chi connectivity index (χ2n) is 9.32. The monoisotopic (exact) mass is 478 g/mol. The smallest absolute Gasteiger partial charge is 0.306 e. The molecule has 1 unspecified atom stereocenters. The van der Waals surface area contributed by atoms with Crippen molar-refractivity contribution < 1.29 is 24.1 Å². The number of methoxy groups -OCH3 is 2. The number of hydrogen-bond donors (Lipinski definition) is 1. The molecule has 1 aliphatic heterocycles. The van der Waals surface area contributed by atoms with Crippen molar-refractivity contribution in [1.82, 2.24) is 0 Å². The Morgan fingerprint density at radius 3 is 2.09 bits per heavy atom. The Kier molecular flexibility index (Phi) is 6.65. The van der Waals surface area contributed by atoms with E-state index in [9.17, 15) is 9.90 Å². The molecule has 1 N–H and O–H groups in total. The van der Waals surface area contributed by atoms with Gasteiger partial charge in [0.15, 0.2) is 0 Å². The van der Waals surface area contributed by atoms with Crippen molar-refractivity contribution in [3.05, 3.63) is 82.9 Å². The minimum absolute atomic E-state index is 0.220. The zero-order valence-electron chi connectivity index (χ0n) is 20.2. The predicted octanol–water partition coefficient (Wildman–Crippen LogP) is 5.73. The van der Waals surface area contributed by atoms with E-state index in [4.69, 9.17) is 14.2 Å². The molecule has 3 aromatic rings. The molecule has 0 saturated carbocycles. The van der Waals surface area contributed by atoms with Gasteiger partial charge in [-0.15, -0.1) is 0 Å². The van der Waals surface area contributed by atoms with E-state index in [0.29, 0.717) is 12.8 Å². The van der Waals surface area contributed by atoms with Crippen LogP contribution in [-0.4, -0.2) is 30.9 Å². The summed E-state index contributed by atoms with van der Waals surface area (Å²) in [4.78, 5) is 14.1. The Morgan fingerprint density at radius 2 is 1.47 bits per heavy atom. The summed E-state index contributed by atoms with van der Waals surface area (Å²) in [7, 11) is 3.25. The number of hydrogen-bond acceptors (Lipinski definition) is 6. The summed E-state index contributed by atoms with van der Waals surface area (Å²) in [5.41, 5.74) is 1.54. The minimum atomic E-state index is -1.34. The Bertz CT molecular complexity index is 1200.